The molecular weight excluding hydrogens is 462 g/mol. The molecule has 4 amide bonds. The fourth-order valence-electron chi connectivity index (χ4n) is 3.12. The highest BCUT2D eigenvalue weighted by atomic mass is 35.5. The van der Waals surface area contributed by atoms with Crippen molar-refractivity contribution in [1.82, 2.24) is 9.80 Å². The second-order valence-electron chi connectivity index (χ2n) is 6.38. The van der Waals surface area contributed by atoms with Gasteiger partial charge in [0.2, 0.25) is 5.88 Å². The lowest BCUT2D eigenvalue weighted by Crippen LogP contribution is -2.56. The zero-order valence-electron chi connectivity index (χ0n) is 17.2. The van der Waals surface area contributed by atoms with Crippen molar-refractivity contribution in [3.8, 4) is 5.75 Å². The smallest absolute Gasteiger partial charge is 0.333 e. The molecule has 0 aliphatic carbocycles. The summed E-state index contributed by atoms with van der Waals surface area (Å²) in [6.07, 6.45) is 6.07. The maximum Gasteiger partial charge on any atom is 0.333 e. The molecule has 2 aliphatic heterocycles. The molecule has 1 saturated heterocycles. The predicted molar refractivity (Wildman–Crippen MR) is 117 cm³/mol. The highest BCUT2D eigenvalue weighted by Crippen LogP contribution is 2.41. The van der Waals surface area contributed by atoms with E-state index in [1.807, 2.05) is 0 Å². The number of rotatable bonds is 8. The van der Waals surface area contributed by atoms with Gasteiger partial charge in [-0.1, -0.05) is 28.8 Å². The normalized spacial score (nSPS) is 17.6. The molecular formula is C20H20ClN3O7S. The minimum absolute atomic E-state index is 0.105. The lowest BCUT2D eigenvalue weighted by Gasteiger charge is -2.32. The number of hydrogen-bond acceptors (Lipinski definition) is 9. The van der Waals surface area contributed by atoms with Gasteiger partial charge >= 0.3 is 6.03 Å². The lowest BCUT2D eigenvalue weighted by atomic mass is 10.1. The molecule has 0 aromatic heterocycles. The van der Waals surface area contributed by atoms with Gasteiger partial charge in [0.25, 0.3) is 11.8 Å². The Morgan fingerprint density at radius 3 is 2.34 bits per heavy atom. The third-order valence-corrected chi connectivity index (χ3v) is 5.37. The standard InChI is InChI=1S/C20H20ClN3O7S/c1-3-22-18(25)14(19(26)23(4-2)20(22)27)7-5-6-8-17-24(12-32-31-30-28)15-11-13(21)9-10-16(15)29-17/h5-11,28H,3-4,12H2,1-2H3. The van der Waals surface area contributed by atoms with Crippen molar-refractivity contribution in [2.75, 3.05) is 23.9 Å². The Morgan fingerprint density at radius 2 is 1.72 bits per heavy atom. The van der Waals surface area contributed by atoms with Crippen LogP contribution < -0.4 is 9.64 Å². The fraction of sp³-hybridized carbons (Fsp3) is 0.250. The van der Waals surface area contributed by atoms with E-state index in [4.69, 9.17) is 21.6 Å². The van der Waals surface area contributed by atoms with Crippen LogP contribution in [-0.4, -0.2) is 51.9 Å². The third kappa shape index (κ3) is 4.81. The number of carbonyl (C=O) groups is 3. The van der Waals surface area contributed by atoms with E-state index in [1.165, 1.54) is 12.2 Å². The Balaban J connectivity index is 1.82. The Morgan fingerprint density at radius 1 is 1.06 bits per heavy atom. The number of imide groups is 2. The number of likely N-dealkylation sites (N-methyl/N-ethyl adjacent to an activating group) is 2. The number of carbonyl (C=O) groups excluding carboxylic acids is 3. The number of fused-ring (bicyclic) bond motifs is 1. The first-order chi connectivity index (χ1) is 15.4. The van der Waals surface area contributed by atoms with Crippen LogP contribution in [0, 0.1) is 0 Å². The van der Waals surface area contributed by atoms with Gasteiger partial charge in [-0.25, -0.2) is 10.1 Å². The number of urea groups is 1. The second-order valence-corrected chi connectivity index (χ2v) is 7.45. The predicted octanol–water partition coefficient (Wildman–Crippen LogP) is 3.72. The van der Waals surface area contributed by atoms with Crippen LogP contribution in [0.5, 0.6) is 5.75 Å². The van der Waals surface area contributed by atoms with Gasteiger partial charge in [0.15, 0.2) is 5.75 Å². The first kappa shape index (κ1) is 23.8. The molecule has 2 heterocycles. The second kappa shape index (κ2) is 10.7. The van der Waals surface area contributed by atoms with Crippen LogP contribution in [0.3, 0.4) is 0 Å². The van der Waals surface area contributed by atoms with E-state index in [1.54, 1.807) is 49.1 Å². The van der Waals surface area contributed by atoms with Crippen LogP contribution in [0.4, 0.5) is 10.5 Å². The first-order valence-electron chi connectivity index (χ1n) is 9.53. The summed E-state index contributed by atoms with van der Waals surface area (Å²) in [6, 6.07) is 4.48. The van der Waals surface area contributed by atoms with Gasteiger partial charge in [-0.2, -0.15) is 0 Å². The maximum absolute atomic E-state index is 12.5. The average Bonchev–Trinajstić information content (AvgIpc) is 3.10. The number of allylic oxidation sites excluding steroid dienone is 4. The number of amides is 4. The van der Waals surface area contributed by atoms with E-state index in [2.05, 4.69) is 9.37 Å². The summed E-state index contributed by atoms with van der Waals surface area (Å²) >= 11 is 6.89. The number of halogens is 1. The topological polar surface area (TPSA) is 109 Å². The van der Waals surface area contributed by atoms with Crippen molar-refractivity contribution in [3.63, 3.8) is 0 Å². The molecule has 10 nitrogen and oxygen atoms in total. The highest BCUT2D eigenvalue weighted by molar-refractivity contribution is 7.94. The molecule has 0 radical (unpaired) electrons. The maximum atomic E-state index is 12.5. The van der Waals surface area contributed by atoms with E-state index >= 15 is 0 Å². The molecule has 0 spiro atoms. The van der Waals surface area contributed by atoms with Crippen molar-refractivity contribution in [1.29, 1.82) is 0 Å². The summed E-state index contributed by atoms with van der Waals surface area (Å²) < 4.78 is 10.3. The van der Waals surface area contributed by atoms with Gasteiger partial charge in [0, 0.05) is 18.1 Å². The van der Waals surface area contributed by atoms with E-state index < -0.39 is 17.8 Å². The van der Waals surface area contributed by atoms with Crippen LogP contribution in [0.2, 0.25) is 5.02 Å². The van der Waals surface area contributed by atoms with E-state index in [9.17, 15) is 14.4 Å². The molecule has 1 N–H and O–H groups in total. The van der Waals surface area contributed by atoms with E-state index in [-0.39, 0.29) is 24.5 Å². The van der Waals surface area contributed by atoms with Crippen molar-refractivity contribution >= 4 is 47.2 Å². The molecule has 170 valence electrons. The highest BCUT2D eigenvalue weighted by Gasteiger charge is 2.40. The summed E-state index contributed by atoms with van der Waals surface area (Å²) in [6.45, 7) is 3.65. The molecule has 1 fully saturated rings. The van der Waals surface area contributed by atoms with Crippen LogP contribution in [0.1, 0.15) is 13.8 Å². The van der Waals surface area contributed by atoms with Gasteiger partial charge in [0.05, 0.1) is 17.7 Å². The summed E-state index contributed by atoms with van der Waals surface area (Å²) in [4.78, 5) is 41.0. The minimum Gasteiger partial charge on any atom is -0.439 e. The Hall–Kier alpha value is -2.83. The first-order valence-corrected chi connectivity index (χ1v) is 10.8. The molecule has 0 bridgehead atoms. The van der Waals surface area contributed by atoms with Gasteiger partial charge in [-0.15, -0.1) is 4.33 Å². The van der Waals surface area contributed by atoms with Crippen LogP contribution in [-0.2, 0) is 19.0 Å². The summed E-state index contributed by atoms with van der Waals surface area (Å²) in [5.41, 5.74) is 0.573. The SMILES string of the molecule is CCN1C(=O)C(=CC=CC=C2Oc3ccc(Cl)cc3N2CSOOO)C(=O)N(CC)C1=O. The lowest BCUT2D eigenvalue weighted by molar-refractivity contribution is -0.432. The molecule has 0 saturated carbocycles. The van der Waals surface area contributed by atoms with Crippen molar-refractivity contribution < 1.29 is 33.7 Å². The molecule has 2 aliphatic rings. The van der Waals surface area contributed by atoms with Gasteiger partial charge in [0.1, 0.15) is 11.4 Å². The quantitative estimate of drug-likeness (QED) is 0.148. The Bertz CT molecular complexity index is 983. The minimum atomic E-state index is -0.636. The molecule has 3 rings (SSSR count). The number of anilines is 1. The Kier molecular flexibility index (Phi) is 7.94. The third-order valence-electron chi connectivity index (χ3n) is 4.61. The van der Waals surface area contributed by atoms with E-state index in [0.29, 0.717) is 22.3 Å². The average molecular weight is 482 g/mol. The number of benzene rings is 1. The van der Waals surface area contributed by atoms with E-state index in [0.717, 1.165) is 21.8 Å². The number of hydrogen-bond donors (Lipinski definition) is 1. The summed E-state index contributed by atoms with van der Waals surface area (Å²) in [5.74, 6) is -0.102. The Labute approximate surface area is 193 Å². The molecule has 0 atom stereocenters. The fourth-order valence-corrected chi connectivity index (χ4v) is 3.74. The van der Waals surface area contributed by atoms with Crippen molar-refractivity contribution in [3.05, 3.63) is 59.0 Å². The number of nitrogens with zero attached hydrogens (tertiary/aromatic N) is 3. The molecule has 1 aromatic carbocycles. The van der Waals surface area contributed by atoms with Crippen LogP contribution >= 0.6 is 23.6 Å². The van der Waals surface area contributed by atoms with Gasteiger partial charge < -0.3 is 4.74 Å². The monoisotopic (exact) mass is 481 g/mol. The van der Waals surface area contributed by atoms with Crippen molar-refractivity contribution in [2.24, 2.45) is 0 Å². The zero-order chi connectivity index (χ0) is 23.3. The summed E-state index contributed by atoms with van der Waals surface area (Å²) in [7, 11) is 0. The zero-order valence-corrected chi connectivity index (χ0v) is 18.8. The molecule has 32 heavy (non-hydrogen) atoms. The van der Waals surface area contributed by atoms with Crippen LogP contribution in [0.25, 0.3) is 0 Å². The van der Waals surface area contributed by atoms with Gasteiger partial charge in [-0.05, 0) is 44.2 Å². The largest absolute Gasteiger partial charge is 0.439 e. The number of barbiturate groups is 1. The molecule has 0 unspecified atom stereocenters. The van der Waals surface area contributed by atoms with Crippen LogP contribution in [0.15, 0.2) is 54.0 Å². The van der Waals surface area contributed by atoms with Gasteiger partial charge in [-0.3, -0.25) is 24.3 Å². The van der Waals surface area contributed by atoms with Crippen molar-refractivity contribution in [2.45, 2.75) is 13.8 Å². The molecule has 12 heteroatoms. The summed E-state index contributed by atoms with van der Waals surface area (Å²) in [5, 5.41) is 12.5. The number of ether oxygens (including phenoxy) is 1. The molecule has 1 aromatic rings.